The number of amides is 1. The molecule has 0 aliphatic carbocycles. The minimum atomic E-state index is -0.856. The lowest BCUT2D eigenvalue weighted by Crippen LogP contribution is -2.59. The lowest BCUT2D eigenvalue weighted by molar-refractivity contribution is -0.123. The van der Waals surface area contributed by atoms with Gasteiger partial charge in [0.25, 0.3) is 5.91 Å². The average molecular weight is 446 g/mol. The smallest absolute Gasteiger partial charge is 0.252 e. The molecule has 4 aromatic rings. The van der Waals surface area contributed by atoms with Crippen LogP contribution in [-0.4, -0.2) is 47.8 Å². The van der Waals surface area contributed by atoms with E-state index in [0.29, 0.717) is 29.7 Å². The molecule has 0 spiro atoms. The molecule has 168 valence electrons. The molecule has 33 heavy (non-hydrogen) atoms. The molecule has 1 aromatic carbocycles. The standard InChI is InChI=1S/C23H23FN8O/c1-5-23(2)21(33)30(4)18-13-26-22(28-20(18)32(23)17-12-27-29(3)14-17)31-11-10-25-19(31)15-6-8-16(24)9-7-15/h6-14H,5H2,1-4H3/t23-/m1/s1. The Balaban J connectivity index is 1.69. The Hall–Kier alpha value is -4.08. The molecule has 0 fully saturated rings. The molecule has 0 saturated heterocycles. The van der Waals surface area contributed by atoms with E-state index >= 15 is 0 Å². The van der Waals surface area contributed by atoms with Crippen molar-refractivity contribution >= 4 is 23.1 Å². The lowest BCUT2D eigenvalue weighted by atomic mass is 9.91. The summed E-state index contributed by atoms with van der Waals surface area (Å²) in [4.78, 5) is 30.7. The van der Waals surface area contributed by atoms with Crippen LogP contribution in [0.5, 0.6) is 0 Å². The summed E-state index contributed by atoms with van der Waals surface area (Å²) < 4.78 is 16.9. The summed E-state index contributed by atoms with van der Waals surface area (Å²) in [6, 6.07) is 6.10. The zero-order valence-corrected chi connectivity index (χ0v) is 18.8. The van der Waals surface area contributed by atoms with Crippen molar-refractivity contribution in [2.45, 2.75) is 25.8 Å². The maximum absolute atomic E-state index is 13.4. The Bertz CT molecular complexity index is 1340. The van der Waals surface area contributed by atoms with Gasteiger partial charge in [-0.2, -0.15) is 10.1 Å². The SMILES string of the molecule is CC[C@]1(C)C(=O)N(C)c2cnc(-n3ccnc3-c3ccc(F)cc3)nc2N1c1cnn(C)c1. The van der Waals surface area contributed by atoms with Gasteiger partial charge in [0.2, 0.25) is 5.95 Å². The quantitative estimate of drug-likeness (QED) is 0.477. The van der Waals surface area contributed by atoms with Gasteiger partial charge in [-0.25, -0.2) is 14.4 Å². The molecular weight excluding hydrogens is 423 g/mol. The molecule has 3 aromatic heterocycles. The fourth-order valence-corrected chi connectivity index (χ4v) is 4.19. The predicted octanol–water partition coefficient (Wildman–Crippen LogP) is 3.49. The Morgan fingerprint density at radius 1 is 1.09 bits per heavy atom. The number of benzene rings is 1. The van der Waals surface area contributed by atoms with Crippen molar-refractivity contribution in [2.24, 2.45) is 7.05 Å². The summed E-state index contributed by atoms with van der Waals surface area (Å²) in [6.45, 7) is 3.88. The van der Waals surface area contributed by atoms with Gasteiger partial charge in [-0.15, -0.1) is 0 Å². The molecule has 5 rings (SSSR count). The van der Waals surface area contributed by atoms with Gasteiger partial charge in [-0.05, 0) is 37.6 Å². The van der Waals surface area contributed by atoms with Gasteiger partial charge in [-0.1, -0.05) is 6.92 Å². The van der Waals surface area contributed by atoms with Gasteiger partial charge in [0.05, 0.1) is 18.1 Å². The maximum atomic E-state index is 13.4. The number of carbonyl (C=O) groups is 1. The van der Waals surface area contributed by atoms with Gasteiger partial charge in [0.15, 0.2) is 5.82 Å². The van der Waals surface area contributed by atoms with Crippen molar-refractivity contribution < 1.29 is 9.18 Å². The van der Waals surface area contributed by atoms with E-state index in [1.807, 2.05) is 32.0 Å². The van der Waals surface area contributed by atoms with Crippen molar-refractivity contribution in [3.8, 4) is 17.3 Å². The third kappa shape index (κ3) is 3.17. The van der Waals surface area contributed by atoms with E-state index in [4.69, 9.17) is 4.98 Å². The largest absolute Gasteiger partial charge is 0.309 e. The molecule has 10 heteroatoms. The van der Waals surface area contributed by atoms with Crippen molar-refractivity contribution in [1.29, 1.82) is 0 Å². The molecule has 0 unspecified atom stereocenters. The number of imidazole rings is 1. The number of halogens is 1. The number of fused-ring (bicyclic) bond motifs is 1. The first-order valence-corrected chi connectivity index (χ1v) is 10.6. The molecule has 9 nitrogen and oxygen atoms in total. The van der Waals surface area contributed by atoms with Crippen molar-refractivity contribution in [3.63, 3.8) is 0 Å². The minimum Gasteiger partial charge on any atom is -0.309 e. The van der Waals surface area contributed by atoms with Gasteiger partial charge in [0.1, 0.15) is 22.9 Å². The van der Waals surface area contributed by atoms with E-state index in [-0.39, 0.29) is 11.7 Å². The van der Waals surface area contributed by atoms with Crippen LogP contribution in [0.25, 0.3) is 17.3 Å². The normalized spacial score (nSPS) is 18.0. The third-order valence-corrected chi connectivity index (χ3v) is 6.17. The highest BCUT2D eigenvalue weighted by Crippen LogP contribution is 2.44. The highest BCUT2D eigenvalue weighted by Gasteiger charge is 2.48. The molecule has 1 aliphatic heterocycles. The summed E-state index contributed by atoms with van der Waals surface area (Å²) in [5.74, 6) is 1.20. The Morgan fingerprint density at radius 3 is 2.52 bits per heavy atom. The topological polar surface area (TPSA) is 85.0 Å². The molecular formula is C23H23FN8O. The van der Waals surface area contributed by atoms with Crippen molar-refractivity contribution in [2.75, 3.05) is 16.8 Å². The second-order valence-electron chi connectivity index (χ2n) is 8.21. The number of hydrogen-bond donors (Lipinski definition) is 0. The second kappa shape index (κ2) is 7.51. The van der Waals surface area contributed by atoms with Crippen molar-refractivity contribution in [1.82, 2.24) is 29.3 Å². The number of aryl methyl sites for hydroxylation is 1. The lowest BCUT2D eigenvalue weighted by Gasteiger charge is -2.46. The number of likely N-dealkylation sites (N-methyl/N-ethyl adjacent to an activating group) is 1. The van der Waals surface area contributed by atoms with E-state index in [9.17, 15) is 9.18 Å². The van der Waals surface area contributed by atoms with Crippen LogP contribution in [-0.2, 0) is 11.8 Å². The zero-order chi connectivity index (χ0) is 23.3. The van der Waals surface area contributed by atoms with Crippen LogP contribution in [0.1, 0.15) is 20.3 Å². The van der Waals surface area contributed by atoms with Crippen LogP contribution in [0, 0.1) is 5.82 Å². The zero-order valence-electron chi connectivity index (χ0n) is 18.8. The first-order chi connectivity index (χ1) is 15.8. The highest BCUT2D eigenvalue weighted by molar-refractivity contribution is 6.08. The molecule has 0 N–H and O–H groups in total. The maximum Gasteiger partial charge on any atom is 0.252 e. The van der Waals surface area contributed by atoms with Crippen LogP contribution in [0.2, 0.25) is 0 Å². The molecule has 1 amide bonds. The highest BCUT2D eigenvalue weighted by atomic mass is 19.1. The molecule has 0 saturated carbocycles. The van der Waals surface area contributed by atoms with E-state index in [1.54, 1.807) is 58.1 Å². The third-order valence-electron chi connectivity index (χ3n) is 6.17. The molecule has 0 radical (unpaired) electrons. The fraction of sp³-hybridized carbons (Fsp3) is 0.261. The van der Waals surface area contributed by atoms with Gasteiger partial charge < -0.3 is 9.80 Å². The summed E-state index contributed by atoms with van der Waals surface area (Å²) >= 11 is 0. The molecule has 0 bridgehead atoms. The predicted molar refractivity (Wildman–Crippen MR) is 122 cm³/mol. The summed E-state index contributed by atoms with van der Waals surface area (Å²) in [6.07, 6.45) is 9.19. The van der Waals surface area contributed by atoms with Crippen LogP contribution in [0.15, 0.2) is 55.2 Å². The summed E-state index contributed by atoms with van der Waals surface area (Å²) in [5, 5.41) is 4.30. The number of aromatic nitrogens is 6. The Morgan fingerprint density at radius 2 is 1.85 bits per heavy atom. The molecule has 4 heterocycles. The summed E-state index contributed by atoms with van der Waals surface area (Å²) in [5.41, 5.74) is 1.24. The molecule has 1 aliphatic rings. The monoisotopic (exact) mass is 446 g/mol. The first-order valence-electron chi connectivity index (χ1n) is 10.6. The average Bonchev–Trinajstić information content (AvgIpc) is 3.47. The minimum absolute atomic E-state index is 0.0488. The number of nitrogens with zero attached hydrogens (tertiary/aromatic N) is 8. The number of carbonyl (C=O) groups excluding carboxylic acids is 1. The van der Waals surface area contributed by atoms with E-state index in [0.717, 1.165) is 11.3 Å². The number of anilines is 3. The van der Waals surface area contributed by atoms with E-state index in [1.165, 1.54) is 12.1 Å². The molecule has 1 atom stereocenters. The van der Waals surface area contributed by atoms with Crippen LogP contribution in [0.3, 0.4) is 0 Å². The van der Waals surface area contributed by atoms with Gasteiger partial charge in [0, 0.05) is 38.2 Å². The Kier molecular flexibility index (Phi) is 4.73. The van der Waals surface area contributed by atoms with Gasteiger partial charge in [-0.3, -0.25) is 14.0 Å². The number of rotatable bonds is 4. The van der Waals surface area contributed by atoms with Crippen LogP contribution >= 0.6 is 0 Å². The first kappa shape index (κ1) is 20.8. The Labute approximate surface area is 190 Å². The fourth-order valence-electron chi connectivity index (χ4n) is 4.19. The van der Waals surface area contributed by atoms with Crippen LogP contribution in [0.4, 0.5) is 21.6 Å². The van der Waals surface area contributed by atoms with Gasteiger partial charge >= 0.3 is 0 Å². The summed E-state index contributed by atoms with van der Waals surface area (Å²) in [7, 11) is 3.57. The van der Waals surface area contributed by atoms with Crippen molar-refractivity contribution in [3.05, 3.63) is 61.1 Å². The second-order valence-corrected chi connectivity index (χ2v) is 8.21. The number of hydrogen-bond acceptors (Lipinski definition) is 6. The van der Waals surface area contributed by atoms with E-state index < -0.39 is 5.54 Å². The van der Waals surface area contributed by atoms with E-state index in [2.05, 4.69) is 15.1 Å². The van der Waals surface area contributed by atoms with Crippen LogP contribution < -0.4 is 9.80 Å².